The molecule has 2 N–H and O–H groups in total. The maximum atomic E-state index is 11.3. The zero-order valence-electron chi connectivity index (χ0n) is 10.3. The van der Waals surface area contributed by atoms with Gasteiger partial charge in [-0.3, -0.25) is 0 Å². The normalized spacial score (nSPS) is 15.8. The number of carbonyl (C=O) groups is 1. The Bertz CT molecular complexity index is 417. The fourth-order valence-electron chi connectivity index (χ4n) is 2.34. The maximum Gasteiger partial charge on any atom is 0.336 e. The fraction of sp³-hybridized carbons (Fsp3) is 0.462. The SMILES string of the molecule is COc1ccc(C2CCNCC2)c(C(=O)O)c1.Cl. The van der Waals surface area contributed by atoms with Gasteiger partial charge >= 0.3 is 5.97 Å². The molecule has 0 aromatic heterocycles. The van der Waals surface area contributed by atoms with Crippen LogP contribution in [0.3, 0.4) is 0 Å². The molecule has 0 unspecified atom stereocenters. The van der Waals surface area contributed by atoms with Crippen molar-refractivity contribution in [2.75, 3.05) is 20.2 Å². The number of methoxy groups -OCH3 is 1. The van der Waals surface area contributed by atoms with Crippen molar-refractivity contribution in [3.05, 3.63) is 29.3 Å². The molecule has 2 rings (SSSR count). The van der Waals surface area contributed by atoms with Crippen molar-refractivity contribution < 1.29 is 14.6 Å². The van der Waals surface area contributed by atoms with Crippen LogP contribution in [0.1, 0.15) is 34.7 Å². The van der Waals surface area contributed by atoms with Gasteiger partial charge in [-0.15, -0.1) is 12.4 Å². The maximum absolute atomic E-state index is 11.3. The van der Waals surface area contributed by atoms with Gasteiger partial charge in [0.2, 0.25) is 0 Å². The van der Waals surface area contributed by atoms with Gasteiger partial charge in [0.05, 0.1) is 12.7 Å². The van der Waals surface area contributed by atoms with Crippen LogP contribution in [-0.4, -0.2) is 31.3 Å². The standard InChI is InChI=1S/C13H17NO3.ClH/c1-17-10-2-3-11(12(8-10)13(15)16)9-4-6-14-7-5-9;/h2-3,8-9,14H,4-7H2,1H3,(H,15,16);1H. The number of carboxylic acid groups (broad SMARTS) is 1. The first-order valence-corrected chi connectivity index (χ1v) is 5.84. The zero-order valence-corrected chi connectivity index (χ0v) is 11.1. The third-order valence-corrected chi connectivity index (χ3v) is 3.27. The van der Waals surface area contributed by atoms with Crippen LogP contribution in [0.15, 0.2) is 18.2 Å². The van der Waals surface area contributed by atoms with E-state index in [-0.39, 0.29) is 12.4 Å². The average molecular weight is 272 g/mol. The lowest BCUT2D eigenvalue weighted by molar-refractivity contribution is 0.0694. The minimum Gasteiger partial charge on any atom is -0.497 e. The number of carboxylic acids is 1. The van der Waals surface area contributed by atoms with E-state index in [1.165, 1.54) is 0 Å². The molecular weight excluding hydrogens is 254 g/mol. The second-order valence-corrected chi connectivity index (χ2v) is 4.28. The second-order valence-electron chi connectivity index (χ2n) is 4.28. The summed E-state index contributed by atoms with van der Waals surface area (Å²) in [7, 11) is 1.55. The summed E-state index contributed by atoms with van der Waals surface area (Å²) in [5.41, 5.74) is 1.30. The van der Waals surface area contributed by atoms with Crippen LogP contribution >= 0.6 is 12.4 Å². The largest absolute Gasteiger partial charge is 0.497 e. The van der Waals surface area contributed by atoms with Crippen molar-refractivity contribution in [2.24, 2.45) is 0 Å². The lowest BCUT2D eigenvalue weighted by Crippen LogP contribution is -2.27. The van der Waals surface area contributed by atoms with Gasteiger partial charge in [0.25, 0.3) is 0 Å². The molecule has 1 heterocycles. The lowest BCUT2D eigenvalue weighted by atomic mass is 9.87. The van der Waals surface area contributed by atoms with Gasteiger partial charge in [-0.1, -0.05) is 6.07 Å². The number of rotatable bonds is 3. The van der Waals surface area contributed by atoms with Crippen LogP contribution in [0.5, 0.6) is 5.75 Å². The van der Waals surface area contributed by atoms with Crippen LogP contribution in [0, 0.1) is 0 Å². The summed E-state index contributed by atoms with van der Waals surface area (Å²) in [4.78, 5) is 11.3. The average Bonchev–Trinajstić information content (AvgIpc) is 2.39. The number of ether oxygens (including phenoxy) is 1. The fourth-order valence-corrected chi connectivity index (χ4v) is 2.34. The molecule has 0 spiro atoms. The minimum atomic E-state index is -0.877. The molecule has 18 heavy (non-hydrogen) atoms. The van der Waals surface area contributed by atoms with E-state index in [0.717, 1.165) is 31.5 Å². The molecule has 0 atom stereocenters. The molecule has 100 valence electrons. The molecule has 5 heteroatoms. The van der Waals surface area contributed by atoms with Crippen LogP contribution in [0.25, 0.3) is 0 Å². The van der Waals surface area contributed by atoms with Gasteiger partial charge < -0.3 is 15.2 Å². The number of hydrogen-bond donors (Lipinski definition) is 2. The van der Waals surface area contributed by atoms with Crippen molar-refractivity contribution in [3.63, 3.8) is 0 Å². The van der Waals surface area contributed by atoms with E-state index in [1.807, 2.05) is 12.1 Å². The molecule has 0 saturated carbocycles. The van der Waals surface area contributed by atoms with Crippen molar-refractivity contribution in [3.8, 4) is 5.75 Å². The zero-order chi connectivity index (χ0) is 12.3. The van der Waals surface area contributed by atoms with Crippen LogP contribution < -0.4 is 10.1 Å². The molecule has 1 saturated heterocycles. The van der Waals surface area contributed by atoms with Crippen molar-refractivity contribution >= 4 is 18.4 Å². The number of benzene rings is 1. The third kappa shape index (κ3) is 3.15. The topological polar surface area (TPSA) is 58.6 Å². The van der Waals surface area contributed by atoms with E-state index in [2.05, 4.69) is 5.32 Å². The third-order valence-electron chi connectivity index (χ3n) is 3.27. The highest BCUT2D eigenvalue weighted by Gasteiger charge is 2.21. The first-order chi connectivity index (χ1) is 8.22. The quantitative estimate of drug-likeness (QED) is 0.886. The highest BCUT2D eigenvalue weighted by molar-refractivity contribution is 5.90. The Morgan fingerprint density at radius 2 is 2.06 bits per heavy atom. The van der Waals surface area contributed by atoms with Gasteiger partial charge in [0.1, 0.15) is 5.75 Å². The van der Waals surface area contributed by atoms with Crippen molar-refractivity contribution in [1.82, 2.24) is 5.32 Å². The summed E-state index contributed by atoms with van der Waals surface area (Å²) < 4.78 is 5.07. The number of halogens is 1. The lowest BCUT2D eigenvalue weighted by Gasteiger charge is -2.24. The number of piperidine rings is 1. The molecule has 1 aromatic carbocycles. The summed E-state index contributed by atoms with van der Waals surface area (Å²) in [5.74, 6) is 0.0609. The van der Waals surface area contributed by atoms with Gasteiger partial charge in [-0.2, -0.15) is 0 Å². The smallest absolute Gasteiger partial charge is 0.336 e. The molecule has 0 amide bonds. The predicted molar refractivity (Wildman–Crippen MR) is 72.0 cm³/mol. The molecule has 1 aliphatic rings. The Morgan fingerprint density at radius 3 is 2.61 bits per heavy atom. The Kier molecular flexibility index (Phi) is 5.44. The molecular formula is C13H18ClNO3. The number of hydrogen-bond acceptors (Lipinski definition) is 3. The van der Waals surface area contributed by atoms with E-state index in [0.29, 0.717) is 17.2 Å². The van der Waals surface area contributed by atoms with E-state index >= 15 is 0 Å². The molecule has 4 nitrogen and oxygen atoms in total. The first kappa shape index (κ1) is 14.8. The van der Waals surface area contributed by atoms with Crippen LogP contribution in [0.4, 0.5) is 0 Å². The molecule has 0 radical (unpaired) electrons. The van der Waals surface area contributed by atoms with Crippen molar-refractivity contribution in [1.29, 1.82) is 0 Å². The molecule has 1 aliphatic heterocycles. The minimum absolute atomic E-state index is 0. The number of aromatic carboxylic acids is 1. The number of nitrogens with one attached hydrogen (secondary N) is 1. The molecule has 1 aromatic rings. The van der Waals surface area contributed by atoms with Gasteiger partial charge in [0, 0.05) is 0 Å². The molecule has 0 aliphatic carbocycles. The van der Waals surface area contributed by atoms with Gasteiger partial charge in [-0.05, 0) is 49.5 Å². The monoisotopic (exact) mass is 271 g/mol. The van der Waals surface area contributed by atoms with Crippen molar-refractivity contribution in [2.45, 2.75) is 18.8 Å². The molecule has 0 bridgehead atoms. The first-order valence-electron chi connectivity index (χ1n) is 5.84. The summed E-state index contributed by atoms with van der Waals surface area (Å²) in [6.07, 6.45) is 1.99. The Labute approximate surface area is 113 Å². The van der Waals surface area contributed by atoms with Gasteiger partial charge in [-0.25, -0.2) is 4.79 Å². The van der Waals surface area contributed by atoms with Crippen LogP contribution in [-0.2, 0) is 0 Å². The van der Waals surface area contributed by atoms with Crippen LogP contribution in [0.2, 0.25) is 0 Å². The Balaban J connectivity index is 0.00000162. The summed E-state index contributed by atoms with van der Waals surface area (Å²) in [6.45, 7) is 1.91. The van der Waals surface area contributed by atoms with E-state index < -0.39 is 5.97 Å². The Morgan fingerprint density at radius 1 is 1.39 bits per heavy atom. The predicted octanol–water partition coefficient (Wildman–Crippen LogP) is 2.28. The highest BCUT2D eigenvalue weighted by Crippen LogP contribution is 2.30. The summed E-state index contributed by atoms with van der Waals surface area (Å²) in [5, 5.41) is 12.5. The van der Waals surface area contributed by atoms with E-state index in [1.54, 1.807) is 13.2 Å². The van der Waals surface area contributed by atoms with Gasteiger partial charge in [0.15, 0.2) is 0 Å². The summed E-state index contributed by atoms with van der Waals surface area (Å²) >= 11 is 0. The molecule has 1 fully saturated rings. The highest BCUT2D eigenvalue weighted by atomic mass is 35.5. The second kappa shape index (κ2) is 6.61. The van der Waals surface area contributed by atoms with E-state index in [4.69, 9.17) is 4.74 Å². The van der Waals surface area contributed by atoms with E-state index in [9.17, 15) is 9.90 Å². The Hall–Kier alpha value is -1.26. The summed E-state index contributed by atoms with van der Waals surface area (Å²) in [6, 6.07) is 5.34.